The molecule has 2 aromatic carbocycles. The van der Waals surface area contributed by atoms with Crippen LogP contribution in [0.2, 0.25) is 0 Å². The number of hydrogen-bond donors (Lipinski definition) is 0. The molecule has 26 heavy (non-hydrogen) atoms. The quantitative estimate of drug-likeness (QED) is 0.766. The van der Waals surface area contributed by atoms with Crippen molar-refractivity contribution in [3.63, 3.8) is 0 Å². The van der Waals surface area contributed by atoms with Crippen LogP contribution in [0.15, 0.2) is 46.9 Å². The molecule has 1 aliphatic heterocycles. The third kappa shape index (κ3) is 3.46. The lowest BCUT2D eigenvalue weighted by Gasteiger charge is -2.39. The van der Waals surface area contributed by atoms with Crippen LogP contribution in [0.4, 0.5) is 5.69 Å². The van der Waals surface area contributed by atoms with Gasteiger partial charge in [0.25, 0.3) is 5.91 Å². The van der Waals surface area contributed by atoms with Gasteiger partial charge in [0.1, 0.15) is 11.8 Å². The molecule has 0 spiro atoms. The van der Waals surface area contributed by atoms with Crippen molar-refractivity contribution < 1.29 is 14.3 Å². The van der Waals surface area contributed by atoms with E-state index in [1.54, 1.807) is 36.0 Å². The van der Waals surface area contributed by atoms with Crippen molar-refractivity contribution in [1.82, 2.24) is 4.90 Å². The number of piperazine rings is 1. The maximum absolute atomic E-state index is 13.0. The first-order chi connectivity index (χ1) is 12.4. The number of benzene rings is 2. The number of nitrogens with zero attached hydrogens (tertiary/aromatic N) is 2. The van der Waals surface area contributed by atoms with Gasteiger partial charge in [-0.1, -0.05) is 22.0 Å². The third-order valence-electron chi connectivity index (χ3n) is 4.63. The molecule has 6 heteroatoms. The topological polar surface area (TPSA) is 49.9 Å². The highest BCUT2D eigenvalue weighted by atomic mass is 79.9. The zero-order valence-electron chi connectivity index (χ0n) is 15.0. The predicted octanol–water partition coefficient (Wildman–Crippen LogP) is 3.64. The number of carbonyl (C=O) groups excluding carboxylic acids is 2. The number of ether oxygens (including phenoxy) is 1. The minimum absolute atomic E-state index is 0.106. The lowest BCUT2D eigenvalue weighted by molar-refractivity contribution is -0.124. The lowest BCUT2D eigenvalue weighted by atomic mass is 10.1. The fourth-order valence-electron chi connectivity index (χ4n) is 3.16. The lowest BCUT2D eigenvalue weighted by Crippen LogP contribution is -2.57. The fraction of sp³-hybridized carbons (Fsp3) is 0.300. The molecule has 0 saturated carbocycles. The Balaban J connectivity index is 1.84. The van der Waals surface area contributed by atoms with Crippen molar-refractivity contribution in [2.75, 3.05) is 25.1 Å². The van der Waals surface area contributed by atoms with E-state index in [1.807, 2.05) is 37.3 Å². The smallest absolute Gasteiger partial charge is 0.254 e. The summed E-state index contributed by atoms with van der Waals surface area (Å²) in [5.41, 5.74) is 2.38. The van der Waals surface area contributed by atoms with Crippen molar-refractivity contribution in [1.29, 1.82) is 0 Å². The van der Waals surface area contributed by atoms with Gasteiger partial charge in [-0.2, -0.15) is 0 Å². The van der Waals surface area contributed by atoms with Gasteiger partial charge < -0.3 is 14.5 Å². The average molecular weight is 417 g/mol. The SMILES string of the molecule is COc1ccc(C)cc1N1CCN(C(=O)c2ccc(Br)cc2)[C@@H](C)C1=O. The second-order valence-corrected chi connectivity index (χ2v) is 7.26. The maximum Gasteiger partial charge on any atom is 0.254 e. The zero-order valence-corrected chi connectivity index (χ0v) is 16.6. The Labute approximate surface area is 161 Å². The molecular formula is C20H21BrN2O3. The first-order valence-electron chi connectivity index (χ1n) is 8.45. The van der Waals surface area contributed by atoms with Gasteiger partial charge in [0.15, 0.2) is 0 Å². The molecule has 0 radical (unpaired) electrons. The standard InChI is InChI=1S/C20H21BrN2O3/c1-13-4-9-18(26-3)17(12-13)23-11-10-22(14(2)19(23)24)20(25)15-5-7-16(21)8-6-15/h4-9,12,14H,10-11H2,1-3H3/t14-/m0/s1. The summed E-state index contributed by atoms with van der Waals surface area (Å²) >= 11 is 3.37. The van der Waals surface area contributed by atoms with Crippen LogP contribution in [0.1, 0.15) is 22.8 Å². The number of methoxy groups -OCH3 is 1. The second kappa shape index (κ2) is 7.50. The number of anilines is 1. The molecule has 0 unspecified atom stereocenters. The fourth-order valence-corrected chi connectivity index (χ4v) is 3.42. The largest absolute Gasteiger partial charge is 0.495 e. The highest BCUT2D eigenvalue weighted by Crippen LogP contribution is 2.31. The summed E-state index contributed by atoms with van der Waals surface area (Å²) in [7, 11) is 1.59. The average Bonchev–Trinajstić information content (AvgIpc) is 2.64. The molecular weight excluding hydrogens is 396 g/mol. The molecule has 2 aromatic rings. The number of rotatable bonds is 3. The van der Waals surface area contributed by atoms with Crippen LogP contribution in [-0.2, 0) is 4.79 Å². The van der Waals surface area contributed by atoms with Gasteiger partial charge in [-0.25, -0.2) is 0 Å². The molecule has 136 valence electrons. The molecule has 0 aromatic heterocycles. The van der Waals surface area contributed by atoms with Crippen LogP contribution in [0.25, 0.3) is 0 Å². The Bertz CT molecular complexity index is 835. The molecule has 1 fully saturated rings. The van der Waals surface area contributed by atoms with Gasteiger partial charge >= 0.3 is 0 Å². The van der Waals surface area contributed by atoms with Crippen LogP contribution < -0.4 is 9.64 Å². The van der Waals surface area contributed by atoms with Gasteiger partial charge in [0.2, 0.25) is 5.91 Å². The Morgan fingerprint density at radius 1 is 1.15 bits per heavy atom. The van der Waals surface area contributed by atoms with Crippen LogP contribution >= 0.6 is 15.9 Å². The van der Waals surface area contributed by atoms with E-state index in [0.717, 1.165) is 15.7 Å². The van der Waals surface area contributed by atoms with E-state index in [2.05, 4.69) is 15.9 Å². The minimum atomic E-state index is -0.537. The molecule has 5 nitrogen and oxygen atoms in total. The van der Waals surface area contributed by atoms with E-state index in [1.165, 1.54) is 0 Å². The highest BCUT2D eigenvalue weighted by molar-refractivity contribution is 9.10. The summed E-state index contributed by atoms with van der Waals surface area (Å²) in [4.78, 5) is 29.1. The first-order valence-corrected chi connectivity index (χ1v) is 9.24. The monoisotopic (exact) mass is 416 g/mol. The van der Waals surface area contributed by atoms with E-state index < -0.39 is 6.04 Å². The van der Waals surface area contributed by atoms with Crippen molar-refractivity contribution >= 4 is 33.4 Å². The Hall–Kier alpha value is -2.34. The number of halogens is 1. The van der Waals surface area contributed by atoms with Crippen molar-refractivity contribution in [3.05, 3.63) is 58.1 Å². The van der Waals surface area contributed by atoms with Gasteiger partial charge in [-0.05, 0) is 55.8 Å². The van der Waals surface area contributed by atoms with Crippen molar-refractivity contribution in [2.24, 2.45) is 0 Å². The van der Waals surface area contributed by atoms with E-state index in [0.29, 0.717) is 24.4 Å². The second-order valence-electron chi connectivity index (χ2n) is 6.35. The molecule has 1 atom stereocenters. The molecule has 0 bridgehead atoms. The first kappa shape index (κ1) is 18.5. The van der Waals surface area contributed by atoms with Crippen LogP contribution in [0, 0.1) is 6.92 Å². The molecule has 3 rings (SSSR count). The van der Waals surface area contributed by atoms with E-state index in [4.69, 9.17) is 4.74 Å². The predicted molar refractivity (Wildman–Crippen MR) is 105 cm³/mol. The highest BCUT2D eigenvalue weighted by Gasteiger charge is 2.36. The van der Waals surface area contributed by atoms with Crippen LogP contribution in [0.3, 0.4) is 0 Å². The molecule has 1 saturated heterocycles. The van der Waals surface area contributed by atoms with Gasteiger partial charge in [-0.3, -0.25) is 9.59 Å². The summed E-state index contributed by atoms with van der Waals surface area (Å²) in [6.45, 7) is 4.65. The van der Waals surface area contributed by atoms with E-state index in [9.17, 15) is 9.59 Å². The third-order valence-corrected chi connectivity index (χ3v) is 5.16. The summed E-state index contributed by atoms with van der Waals surface area (Å²) in [5, 5.41) is 0. The van der Waals surface area contributed by atoms with Gasteiger partial charge in [-0.15, -0.1) is 0 Å². The zero-order chi connectivity index (χ0) is 18.8. The maximum atomic E-state index is 13.0. The van der Waals surface area contributed by atoms with Gasteiger partial charge in [0, 0.05) is 23.1 Å². The molecule has 2 amide bonds. The Morgan fingerprint density at radius 2 is 1.85 bits per heavy atom. The Kier molecular flexibility index (Phi) is 5.32. The van der Waals surface area contributed by atoms with Gasteiger partial charge in [0.05, 0.1) is 12.8 Å². The van der Waals surface area contributed by atoms with E-state index in [-0.39, 0.29) is 11.8 Å². The summed E-state index contributed by atoms with van der Waals surface area (Å²) in [6, 6.07) is 12.4. The van der Waals surface area contributed by atoms with E-state index >= 15 is 0 Å². The summed E-state index contributed by atoms with van der Waals surface area (Å²) < 4.78 is 6.32. The molecule has 1 aliphatic rings. The van der Waals surface area contributed by atoms with Crippen LogP contribution in [0.5, 0.6) is 5.75 Å². The molecule has 0 aliphatic carbocycles. The van der Waals surface area contributed by atoms with Crippen molar-refractivity contribution in [2.45, 2.75) is 19.9 Å². The normalized spacial score (nSPS) is 17.4. The number of amides is 2. The number of hydrogen-bond acceptors (Lipinski definition) is 3. The Morgan fingerprint density at radius 3 is 2.50 bits per heavy atom. The molecule has 0 N–H and O–H groups in total. The summed E-state index contributed by atoms with van der Waals surface area (Å²) in [6.07, 6.45) is 0. The van der Waals surface area contributed by atoms with Crippen LogP contribution in [-0.4, -0.2) is 43.0 Å². The summed E-state index contributed by atoms with van der Waals surface area (Å²) in [5.74, 6) is 0.420. The number of aryl methyl sites for hydroxylation is 1. The molecule has 1 heterocycles. The number of carbonyl (C=O) groups is 2. The minimum Gasteiger partial charge on any atom is -0.495 e. The van der Waals surface area contributed by atoms with Crippen molar-refractivity contribution in [3.8, 4) is 5.75 Å².